The van der Waals surface area contributed by atoms with Crippen LogP contribution in [0.25, 0.3) is 22.3 Å². The SMILES string of the molecule is CCn1ncc(CN(C)C(=O)c2nc(-c3cc(Cl)ccc3Cl)nc3ccc(Cl)cc23)c1C. The van der Waals surface area contributed by atoms with Crippen molar-refractivity contribution in [3.05, 3.63) is 74.6 Å². The molecular weight excluding hydrogens is 469 g/mol. The summed E-state index contributed by atoms with van der Waals surface area (Å²) < 4.78 is 1.90. The lowest BCUT2D eigenvalue weighted by atomic mass is 10.1. The molecule has 0 radical (unpaired) electrons. The molecule has 32 heavy (non-hydrogen) atoms. The monoisotopic (exact) mass is 487 g/mol. The van der Waals surface area contributed by atoms with Crippen LogP contribution >= 0.6 is 34.8 Å². The number of carbonyl (C=O) groups excluding carboxylic acids is 1. The molecule has 0 N–H and O–H groups in total. The van der Waals surface area contributed by atoms with E-state index in [0.717, 1.165) is 17.8 Å². The van der Waals surface area contributed by atoms with Crippen molar-refractivity contribution < 1.29 is 4.79 Å². The van der Waals surface area contributed by atoms with Gasteiger partial charge in [0.05, 0.1) is 16.7 Å². The number of fused-ring (bicyclic) bond motifs is 1. The van der Waals surface area contributed by atoms with Gasteiger partial charge in [-0.15, -0.1) is 0 Å². The Bertz CT molecular complexity index is 1330. The summed E-state index contributed by atoms with van der Waals surface area (Å²) in [6.45, 7) is 5.17. The van der Waals surface area contributed by atoms with Crippen LogP contribution in [-0.4, -0.2) is 37.6 Å². The normalized spacial score (nSPS) is 11.2. The molecular formula is C23H20Cl3N5O. The highest BCUT2D eigenvalue weighted by Crippen LogP contribution is 2.31. The highest BCUT2D eigenvalue weighted by molar-refractivity contribution is 6.35. The second-order valence-corrected chi connectivity index (χ2v) is 8.69. The molecule has 0 atom stereocenters. The van der Waals surface area contributed by atoms with Gasteiger partial charge in [-0.25, -0.2) is 9.97 Å². The van der Waals surface area contributed by atoms with Crippen molar-refractivity contribution in [2.45, 2.75) is 26.9 Å². The third-order valence-corrected chi connectivity index (χ3v) is 6.09. The maximum absolute atomic E-state index is 13.5. The van der Waals surface area contributed by atoms with Crippen molar-refractivity contribution >= 4 is 51.6 Å². The van der Waals surface area contributed by atoms with Gasteiger partial charge in [-0.1, -0.05) is 34.8 Å². The molecule has 2 aromatic carbocycles. The van der Waals surface area contributed by atoms with E-state index in [0.29, 0.717) is 43.9 Å². The summed E-state index contributed by atoms with van der Waals surface area (Å²) in [6.07, 6.45) is 1.79. The van der Waals surface area contributed by atoms with Gasteiger partial charge < -0.3 is 4.90 Å². The second-order valence-electron chi connectivity index (χ2n) is 7.41. The Morgan fingerprint density at radius 2 is 1.78 bits per heavy atom. The lowest BCUT2D eigenvalue weighted by Gasteiger charge is -2.18. The molecule has 0 unspecified atom stereocenters. The molecule has 0 saturated carbocycles. The molecule has 0 spiro atoms. The van der Waals surface area contributed by atoms with Gasteiger partial charge in [-0.3, -0.25) is 9.48 Å². The quantitative estimate of drug-likeness (QED) is 0.343. The number of rotatable bonds is 5. The first-order valence-corrected chi connectivity index (χ1v) is 11.1. The summed E-state index contributed by atoms with van der Waals surface area (Å²) >= 11 is 18.8. The smallest absolute Gasteiger partial charge is 0.273 e. The van der Waals surface area contributed by atoms with Gasteiger partial charge in [-0.2, -0.15) is 5.10 Å². The number of hydrogen-bond donors (Lipinski definition) is 0. The molecule has 0 aliphatic carbocycles. The van der Waals surface area contributed by atoms with Crippen LogP contribution in [0.2, 0.25) is 15.1 Å². The van der Waals surface area contributed by atoms with E-state index in [-0.39, 0.29) is 11.6 Å². The highest BCUT2D eigenvalue weighted by atomic mass is 35.5. The van der Waals surface area contributed by atoms with E-state index in [2.05, 4.69) is 15.1 Å². The molecule has 0 fully saturated rings. The fraction of sp³-hybridized carbons (Fsp3) is 0.217. The Labute approximate surface area is 200 Å². The minimum Gasteiger partial charge on any atom is -0.336 e. The highest BCUT2D eigenvalue weighted by Gasteiger charge is 2.22. The van der Waals surface area contributed by atoms with Gasteiger partial charge in [0.25, 0.3) is 5.91 Å². The zero-order valence-electron chi connectivity index (χ0n) is 17.7. The number of halogens is 3. The molecule has 2 aromatic heterocycles. The second kappa shape index (κ2) is 9.06. The molecule has 0 aliphatic rings. The maximum atomic E-state index is 13.5. The molecule has 164 valence electrons. The average Bonchev–Trinajstić information content (AvgIpc) is 3.13. The zero-order chi connectivity index (χ0) is 23.0. The molecule has 0 aliphatic heterocycles. The van der Waals surface area contributed by atoms with E-state index in [1.807, 2.05) is 18.5 Å². The standard InChI is InChI=1S/C23H20Cl3N5O/c1-4-31-13(2)14(11-27-31)12-30(3)23(32)21-18-10-16(25)6-8-20(18)28-22(29-21)17-9-15(24)5-7-19(17)26/h5-11H,4,12H2,1-3H3. The third-order valence-electron chi connectivity index (χ3n) is 5.29. The zero-order valence-corrected chi connectivity index (χ0v) is 20.0. The number of benzene rings is 2. The first kappa shape index (κ1) is 22.5. The van der Waals surface area contributed by atoms with Gasteiger partial charge >= 0.3 is 0 Å². The predicted molar refractivity (Wildman–Crippen MR) is 128 cm³/mol. The van der Waals surface area contributed by atoms with Gasteiger partial charge in [-0.05, 0) is 50.2 Å². The number of nitrogens with zero attached hydrogens (tertiary/aromatic N) is 5. The van der Waals surface area contributed by atoms with Crippen LogP contribution in [0.5, 0.6) is 0 Å². The van der Waals surface area contributed by atoms with Gasteiger partial charge in [0.2, 0.25) is 0 Å². The van der Waals surface area contributed by atoms with Crippen LogP contribution in [0.1, 0.15) is 28.7 Å². The number of aryl methyl sites for hydroxylation is 1. The van der Waals surface area contributed by atoms with E-state index in [1.54, 1.807) is 54.5 Å². The van der Waals surface area contributed by atoms with Gasteiger partial charge in [0, 0.05) is 52.4 Å². The number of carbonyl (C=O) groups is 1. The molecule has 6 nitrogen and oxygen atoms in total. The van der Waals surface area contributed by atoms with Crippen molar-refractivity contribution in [1.82, 2.24) is 24.6 Å². The Kier molecular flexibility index (Phi) is 6.38. The van der Waals surface area contributed by atoms with E-state index >= 15 is 0 Å². The van der Waals surface area contributed by atoms with Crippen molar-refractivity contribution in [2.75, 3.05) is 7.05 Å². The summed E-state index contributed by atoms with van der Waals surface area (Å²) in [4.78, 5) is 24.3. The van der Waals surface area contributed by atoms with Crippen molar-refractivity contribution in [1.29, 1.82) is 0 Å². The van der Waals surface area contributed by atoms with Crippen LogP contribution in [0, 0.1) is 6.92 Å². The Morgan fingerprint density at radius 1 is 1.06 bits per heavy atom. The minimum absolute atomic E-state index is 0.242. The van der Waals surface area contributed by atoms with E-state index in [4.69, 9.17) is 34.8 Å². The number of hydrogen-bond acceptors (Lipinski definition) is 4. The Balaban J connectivity index is 1.80. The van der Waals surface area contributed by atoms with Crippen molar-refractivity contribution in [3.63, 3.8) is 0 Å². The average molecular weight is 489 g/mol. The fourth-order valence-electron chi connectivity index (χ4n) is 3.52. The van der Waals surface area contributed by atoms with Crippen molar-refractivity contribution in [3.8, 4) is 11.4 Å². The van der Waals surface area contributed by atoms with E-state index in [1.165, 1.54) is 0 Å². The van der Waals surface area contributed by atoms with Crippen LogP contribution in [0.3, 0.4) is 0 Å². The lowest BCUT2D eigenvalue weighted by molar-refractivity contribution is 0.0781. The van der Waals surface area contributed by atoms with Gasteiger partial charge in [0.15, 0.2) is 5.82 Å². The molecule has 0 saturated heterocycles. The molecule has 0 bridgehead atoms. The summed E-state index contributed by atoms with van der Waals surface area (Å²) in [5.74, 6) is 0.0572. The van der Waals surface area contributed by atoms with E-state index in [9.17, 15) is 4.79 Å². The molecule has 1 amide bonds. The maximum Gasteiger partial charge on any atom is 0.273 e. The lowest BCUT2D eigenvalue weighted by Crippen LogP contribution is -2.27. The Hall–Kier alpha value is -2.67. The summed E-state index contributed by atoms with van der Waals surface area (Å²) in [7, 11) is 1.73. The minimum atomic E-state index is -0.261. The van der Waals surface area contributed by atoms with Crippen LogP contribution in [0.4, 0.5) is 0 Å². The number of amides is 1. The van der Waals surface area contributed by atoms with Gasteiger partial charge in [0.1, 0.15) is 5.69 Å². The predicted octanol–water partition coefficient (Wildman–Crippen LogP) is 6.05. The topological polar surface area (TPSA) is 63.9 Å². The van der Waals surface area contributed by atoms with Crippen LogP contribution < -0.4 is 0 Å². The summed E-state index contributed by atoms with van der Waals surface area (Å²) in [5, 5.41) is 6.36. The third kappa shape index (κ3) is 4.31. The van der Waals surface area contributed by atoms with Crippen LogP contribution in [0.15, 0.2) is 42.6 Å². The largest absolute Gasteiger partial charge is 0.336 e. The molecule has 2 heterocycles. The van der Waals surface area contributed by atoms with Crippen molar-refractivity contribution in [2.24, 2.45) is 0 Å². The van der Waals surface area contributed by atoms with E-state index < -0.39 is 0 Å². The Morgan fingerprint density at radius 3 is 2.50 bits per heavy atom. The molecule has 9 heteroatoms. The fourth-order valence-corrected chi connectivity index (χ4v) is 4.07. The first-order valence-electron chi connectivity index (χ1n) is 9.98. The molecule has 4 aromatic rings. The summed E-state index contributed by atoms with van der Waals surface area (Å²) in [5.41, 5.74) is 3.37. The number of aromatic nitrogens is 4. The molecule has 4 rings (SSSR count). The van der Waals surface area contributed by atoms with Crippen LogP contribution in [-0.2, 0) is 13.1 Å². The summed E-state index contributed by atoms with van der Waals surface area (Å²) in [6, 6.07) is 10.2. The first-order chi connectivity index (χ1) is 15.3.